The number of hydrogen-bond acceptors (Lipinski definition) is 3. The monoisotopic (exact) mass is 240 g/mol. The summed E-state index contributed by atoms with van der Waals surface area (Å²) >= 11 is 0. The van der Waals surface area contributed by atoms with Crippen molar-refractivity contribution in [2.24, 2.45) is 11.8 Å². The van der Waals surface area contributed by atoms with Gasteiger partial charge in [-0.15, -0.1) is 0 Å². The number of ether oxygens (including phenoxy) is 1. The Morgan fingerprint density at radius 2 is 2.18 bits per heavy atom. The van der Waals surface area contributed by atoms with Gasteiger partial charge in [-0.2, -0.15) is 0 Å². The van der Waals surface area contributed by atoms with Gasteiger partial charge in [0.15, 0.2) is 0 Å². The lowest BCUT2D eigenvalue weighted by Crippen LogP contribution is -2.53. The maximum absolute atomic E-state index is 5.70. The largest absolute Gasteiger partial charge is 0.381 e. The van der Waals surface area contributed by atoms with E-state index in [-0.39, 0.29) is 0 Å². The van der Waals surface area contributed by atoms with Crippen molar-refractivity contribution in [3.8, 4) is 0 Å². The lowest BCUT2D eigenvalue weighted by molar-refractivity contribution is 0.0857. The Morgan fingerprint density at radius 1 is 1.35 bits per heavy atom. The molecular formula is C14H28N2O. The number of rotatable bonds is 7. The summed E-state index contributed by atoms with van der Waals surface area (Å²) in [7, 11) is 0. The number of nitrogens with one attached hydrogen (secondary N) is 1. The van der Waals surface area contributed by atoms with Gasteiger partial charge in [0.1, 0.15) is 0 Å². The predicted octanol–water partition coefficient (Wildman–Crippen LogP) is 1.73. The van der Waals surface area contributed by atoms with Crippen molar-refractivity contribution in [1.82, 2.24) is 10.2 Å². The molecule has 2 rings (SSSR count). The third-order valence-electron chi connectivity index (χ3n) is 3.95. The quantitative estimate of drug-likeness (QED) is 0.686. The highest BCUT2D eigenvalue weighted by atomic mass is 16.5. The zero-order valence-electron chi connectivity index (χ0n) is 11.5. The summed E-state index contributed by atoms with van der Waals surface area (Å²) in [6.45, 7) is 11.3. The van der Waals surface area contributed by atoms with Crippen LogP contribution in [0.2, 0.25) is 0 Å². The van der Waals surface area contributed by atoms with Crippen LogP contribution in [0.5, 0.6) is 0 Å². The lowest BCUT2D eigenvalue weighted by atomic mass is 10.0. The van der Waals surface area contributed by atoms with Gasteiger partial charge in [-0.3, -0.25) is 4.90 Å². The van der Waals surface area contributed by atoms with Gasteiger partial charge in [-0.25, -0.2) is 0 Å². The van der Waals surface area contributed by atoms with Crippen LogP contribution in [-0.4, -0.2) is 50.3 Å². The van der Waals surface area contributed by atoms with Crippen LogP contribution in [0.4, 0.5) is 0 Å². The Bertz CT molecular complexity index is 216. The molecule has 1 aliphatic heterocycles. The van der Waals surface area contributed by atoms with Crippen molar-refractivity contribution in [2.45, 2.75) is 39.2 Å². The topological polar surface area (TPSA) is 24.5 Å². The van der Waals surface area contributed by atoms with Crippen LogP contribution in [-0.2, 0) is 4.74 Å². The van der Waals surface area contributed by atoms with E-state index in [1.807, 2.05) is 0 Å². The first kappa shape index (κ1) is 13.3. The summed E-state index contributed by atoms with van der Waals surface area (Å²) in [6.07, 6.45) is 3.98. The molecule has 17 heavy (non-hydrogen) atoms. The molecule has 1 saturated carbocycles. The van der Waals surface area contributed by atoms with Crippen molar-refractivity contribution in [3.05, 3.63) is 0 Å². The third kappa shape index (κ3) is 4.57. The molecule has 2 fully saturated rings. The molecule has 1 heterocycles. The minimum atomic E-state index is 0.715. The van der Waals surface area contributed by atoms with Gasteiger partial charge < -0.3 is 10.1 Å². The minimum Gasteiger partial charge on any atom is -0.381 e. The second-order valence-electron chi connectivity index (χ2n) is 5.92. The van der Waals surface area contributed by atoms with Gasteiger partial charge in [0.25, 0.3) is 0 Å². The van der Waals surface area contributed by atoms with Gasteiger partial charge in [0.2, 0.25) is 0 Å². The molecule has 0 bridgehead atoms. The first-order chi connectivity index (χ1) is 8.27. The van der Waals surface area contributed by atoms with Crippen molar-refractivity contribution in [3.63, 3.8) is 0 Å². The molecule has 0 aromatic heterocycles. The summed E-state index contributed by atoms with van der Waals surface area (Å²) in [4.78, 5) is 2.64. The molecular weight excluding hydrogens is 212 g/mol. The van der Waals surface area contributed by atoms with Crippen molar-refractivity contribution >= 4 is 0 Å². The Kier molecular flexibility index (Phi) is 5.26. The third-order valence-corrected chi connectivity index (χ3v) is 3.95. The minimum absolute atomic E-state index is 0.715. The van der Waals surface area contributed by atoms with Crippen molar-refractivity contribution < 1.29 is 4.74 Å². The van der Waals surface area contributed by atoms with E-state index in [1.165, 1.54) is 32.4 Å². The fraction of sp³-hybridized carbons (Fsp3) is 1.00. The van der Waals surface area contributed by atoms with Crippen molar-refractivity contribution in [2.75, 3.05) is 39.4 Å². The Balaban J connectivity index is 1.58. The summed E-state index contributed by atoms with van der Waals surface area (Å²) in [5.41, 5.74) is 0. The van der Waals surface area contributed by atoms with E-state index in [0.717, 1.165) is 38.1 Å². The fourth-order valence-corrected chi connectivity index (χ4v) is 2.61. The average Bonchev–Trinajstić information content (AvgIpc) is 3.13. The first-order valence-corrected chi connectivity index (χ1v) is 7.30. The molecule has 1 unspecified atom stereocenters. The van der Waals surface area contributed by atoms with Crippen LogP contribution in [0.15, 0.2) is 0 Å². The second-order valence-corrected chi connectivity index (χ2v) is 5.92. The number of hydrogen-bond donors (Lipinski definition) is 1. The normalized spacial score (nSPS) is 26.6. The Morgan fingerprint density at radius 3 is 2.88 bits per heavy atom. The predicted molar refractivity (Wildman–Crippen MR) is 71.2 cm³/mol. The smallest absolute Gasteiger partial charge is 0.0494 e. The van der Waals surface area contributed by atoms with E-state index in [2.05, 4.69) is 24.1 Å². The summed E-state index contributed by atoms with van der Waals surface area (Å²) in [6, 6.07) is 0.715. The first-order valence-electron chi connectivity index (χ1n) is 7.30. The van der Waals surface area contributed by atoms with E-state index in [1.54, 1.807) is 0 Å². The van der Waals surface area contributed by atoms with Gasteiger partial charge in [0, 0.05) is 45.4 Å². The summed E-state index contributed by atoms with van der Waals surface area (Å²) in [5.74, 6) is 1.65. The molecule has 3 nitrogen and oxygen atoms in total. The molecule has 0 aromatic carbocycles. The van der Waals surface area contributed by atoms with Crippen LogP contribution in [0.1, 0.15) is 33.1 Å². The summed E-state index contributed by atoms with van der Waals surface area (Å²) in [5, 5.41) is 3.50. The van der Waals surface area contributed by atoms with Gasteiger partial charge in [-0.1, -0.05) is 13.8 Å². The van der Waals surface area contributed by atoms with E-state index >= 15 is 0 Å². The van der Waals surface area contributed by atoms with Gasteiger partial charge >= 0.3 is 0 Å². The van der Waals surface area contributed by atoms with Crippen LogP contribution in [0.25, 0.3) is 0 Å². The number of nitrogens with zero attached hydrogens (tertiary/aromatic N) is 1. The maximum atomic E-state index is 5.70. The highest BCUT2D eigenvalue weighted by Gasteiger charge is 2.24. The molecule has 0 radical (unpaired) electrons. The lowest BCUT2D eigenvalue weighted by Gasteiger charge is -2.38. The van der Waals surface area contributed by atoms with E-state index in [9.17, 15) is 0 Å². The van der Waals surface area contributed by atoms with Crippen LogP contribution < -0.4 is 5.32 Å². The Labute approximate surface area is 106 Å². The molecule has 3 heteroatoms. The molecule has 100 valence electrons. The maximum Gasteiger partial charge on any atom is 0.0494 e. The van der Waals surface area contributed by atoms with Gasteiger partial charge in [-0.05, 0) is 31.1 Å². The Hall–Kier alpha value is -0.120. The van der Waals surface area contributed by atoms with Crippen molar-refractivity contribution in [1.29, 1.82) is 0 Å². The second kappa shape index (κ2) is 6.72. The zero-order chi connectivity index (χ0) is 12.1. The van der Waals surface area contributed by atoms with Gasteiger partial charge in [0.05, 0.1) is 0 Å². The molecule has 2 aliphatic rings. The highest BCUT2D eigenvalue weighted by molar-refractivity contribution is 4.81. The number of piperazine rings is 1. The SMILES string of the molecule is CC(C)C1CNCCN1CCCOCC1CC1. The van der Waals surface area contributed by atoms with Crippen LogP contribution >= 0.6 is 0 Å². The standard InChI is InChI=1S/C14H28N2O/c1-12(2)14-10-15-6-8-16(14)7-3-9-17-11-13-4-5-13/h12-15H,3-11H2,1-2H3. The van der Waals surface area contributed by atoms with E-state index < -0.39 is 0 Å². The van der Waals surface area contributed by atoms with Crippen LogP contribution in [0.3, 0.4) is 0 Å². The fourth-order valence-electron chi connectivity index (χ4n) is 2.61. The average molecular weight is 240 g/mol. The molecule has 1 saturated heterocycles. The molecule has 1 atom stereocenters. The molecule has 0 spiro atoms. The van der Waals surface area contributed by atoms with E-state index in [0.29, 0.717) is 6.04 Å². The zero-order valence-corrected chi connectivity index (χ0v) is 11.5. The molecule has 1 aliphatic carbocycles. The molecule has 0 aromatic rings. The summed E-state index contributed by atoms with van der Waals surface area (Å²) < 4.78 is 5.70. The van der Waals surface area contributed by atoms with Crippen LogP contribution in [0, 0.1) is 11.8 Å². The highest BCUT2D eigenvalue weighted by Crippen LogP contribution is 2.28. The molecule has 1 N–H and O–H groups in total. The van der Waals surface area contributed by atoms with E-state index in [4.69, 9.17) is 4.74 Å². The molecule has 0 amide bonds.